The van der Waals surface area contributed by atoms with E-state index in [0.29, 0.717) is 16.9 Å². The van der Waals surface area contributed by atoms with Crippen LogP contribution < -0.4 is 4.74 Å². The van der Waals surface area contributed by atoms with Crippen molar-refractivity contribution in [1.29, 1.82) is 0 Å². The highest BCUT2D eigenvalue weighted by molar-refractivity contribution is 5.69. The van der Waals surface area contributed by atoms with E-state index in [4.69, 9.17) is 14.2 Å². The van der Waals surface area contributed by atoms with Crippen molar-refractivity contribution in [1.82, 2.24) is 9.78 Å². The molecule has 0 bridgehead atoms. The van der Waals surface area contributed by atoms with Gasteiger partial charge in [-0.3, -0.25) is 29.7 Å². The molecule has 0 spiro atoms. The molecular weight excluding hydrogens is 376 g/mol. The fourth-order valence-electron chi connectivity index (χ4n) is 2.93. The van der Waals surface area contributed by atoms with E-state index in [1.165, 1.54) is 30.7 Å². The highest BCUT2D eigenvalue weighted by Gasteiger charge is 2.24. The third-order valence-corrected chi connectivity index (χ3v) is 4.18. The van der Waals surface area contributed by atoms with Gasteiger partial charge in [0.05, 0.1) is 16.5 Å². The first-order valence-corrected chi connectivity index (χ1v) is 8.12. The molecule has 0 unspecified atom stereocenters. The Morgan fingerprint density at radius 2 is 2.04 bits per heavy atom. The highest BCUT2D eigenvalue weighted by atomic mass is 16.7. The Morgan fingerprint density at radius 3 is 2.68 bits per heavy atom. The largest absolute Gasteiger partial charge is 0.467 e. The molecule has 2 aromatic rings. The molecule has 0 atom stereocenters. The molecule has 12 heteroatoms. The van der Waals surface area contributed by atoms with Gasteiger partial charge in [-0.25, -0.2) is 0 Å². The summed E-state index contributed by atoms with van der Waals surface area (Å²) in [6.45, 7) is 2.50. The van der Waals surface area contributed by atoms with E-state index >= 15 is 0 Å². The number of hydrogen-bond donors (Lipinski definition) is 0. The van der Waals surface area contributed by atoms with E-state index in [2.05, 4.69) is 5.10 Å². The molecule has 0 radical (unpaired) electrons. The van der Waals surface area contributed by atoms with Gasteiger partial charge in [0.15, 0.2) is 6.79 Å². The molecule has 3 rings (SSSR count). The molecule has 0 aliphatic carbocycles. The first kappa shape index (κ1) is 19.2. The van der Waals surface area contributed by atoms with E-state index in [1.54, 1.807) is 0 Å². The minimum Gasteiger partial charge on any atom is -0.467 e. The summed E-state index contributed by atoms with van der Waals surface area (Å²) in [4.78, 5) is 33.2. The number of benzene rings is 1. The molecule has 1 aliphatic rings. The number of ether oxygens (including phenoxy) is 3. The molecule has 1 aromatic carbocycles. The quantitative estimate of drug-likeness (QED) is 0.408. The van der Waals surface area contributed by atoms with Crippen LogP contribution >= 0.6 is 0 Å². The van der Waals surface area contributed by atoms with Crippen LogP contribution in [0.25, 0.3) is 0 Å². The van der Waals surface area contributed by atoms with Crippen LogP contribution in [-0.4, -0.2) is 32.4 Å². The Labute approximate surface area is 157 Å². The zero-order valence-corrected chi connectivity index (χ0v) is 15.0. The van der Waals surface area contributed by atoms with Crippen molar-refractivity contribution in [2.45, 2.75) is 33.6 Å². The molecule has 0 saturated heterocycles. The van der Waals surface area contributed by atoms with Crippen molar-refractivity contribution in [3.63, 3.8) is 0 Å². The SMILES string of the molecule is Cc1nn(CC(=O)OCc2cc([N+](=O)[O-])cc3c2OCOC3)c(C)c1[N+](=O)[O-]. The standard InChI is InChI=1S/C16H16N4O8/c1-9-15(20(24)25)10(2)18(17-9)5-14(21)27-7-12-4-13(19(22)23)3-11-6-26-8-28-16(11)12/h3-4H,5-8H2,1-2H3. The van der Waals surface area contributed by atoms with Crippen LogP contribution in [0.5, 0.6) is 5.75 Å². The van der Waals surface area contributed by atoms with Gasteiger partial charge >= 0.3 is 11.7 Å². The molecule has 0 saturated carbocycles. The number of carbonyl (C=O) groups is 1. The van der Waals surface area contributed by atoms with E-state index < -0.39 is 15.8 Å². The summed E-state index contributed by atoms with van der Waals surface area (Å²) < 4.78 is 16.9. The summed E-state index contributed by atoms with van der Waals surface area (Å²) in [6.07, 6.45) is 0. The van der Waals surface area contributed by atoms with Gasteiger partial charge in [-0.1, -0.05) is 0 Å². The maximum absolute atomic E-state index is 12.2. The molecular formula is C16H16N4O8. The summed E-state index contributed by atoms with van der Waals surface area (Å²) >= 11 is 0. The normalized spacial score (nSPS) is 12.8. The minimum absolute atomic E-state index is 0.0127. The summed E-state index contributed by atoms with van der Waals surface area (Å²) in [5.41, 5.74) is 0.909. The maximum atomic E-state index is 12.2. The second-order valence-electron chi connectivity index (χ2n) is 6.06. The molecule has 2 heterocycles. The molecule has 1 aliphatic heterocycles. The minimum atomic E-state index is -0.701. The highest BCUT2D eigenvalue weighted by Crippen LogP contribution is 2.33. The number of esters is 1. The zero-order chi connectivity index (χ0) is 20.4. The number of carbonyl (C=O) groups excluding carboxylic acids is 1. The molecule has 28 heavy (non-hydrogen) atoms. The predicted octanol–water partition coefficient (Wildman–Crippen LogP) is 1.93. The number of hydrogen-bond acceptors (Lipinski definition) is 9. The number of nitrogens with zero attached hydrogens (tertiary/aromatic N) is 4. The third-order valence-electron chi connectivity index (χ3n) is 4.18. The predicted molar refractivity (Wildman–Crippen MR) is 91.5 cm³/mol. The van der Waals surface area contributed by atoms with Crippen molar-refractivity contribution in [2.24, 2.45) is 0 Å². The average molecular weight is 392 g/mol. The number of nitro groups is 2. The van der Waals surface area contributed by atoms with Gasteiger partial charge in [-0.05, 0) is 13.8 Å². The third kappa shape index (κ3) is 3.76. The van der Waals surface area contributed by atoms with Gasteiger partial charge in [0, 0.05) is 23.3 Å². The number of rotatable bonds is 6. The molecule has 0 amide bonds. The van der Waals surface area contributed by atoms with Gasteiger partial charge in [-0.15, -0.1) is 0 Å². The van der Waals surface area contributed by atoms with E-state index in [9.17, 15) is 25.0 Å². The number of fused-ring (bicyclic) bond motifs is 1. The molecule has 12 nitrogen and oxygen atoms in total. The number of aromatic nitrogens is 2. The van der Waals surface area contributed by atoms with Crippen molar-refractivity contribution < 1.29 is 28.9 Å². The van der Waals surface area contributed by atoms with E-state index in [0.717, 1.165) is 0 Å². The van der Waals surface area contributed by atoms with Crippen molar-refractivity contribution >= 4 is 17.3 Å². The Kier molecular flexibility index (Phi) is 5.22. The smallest absolute Gasteiger partial charge is 0.328 e. The fourth-order valence-corrected chi connectivity index (χ4v) is 2.93. The number of nitro benzene ring substituents is 1. The van der Waals surface area contributed by atoms with Crippen molar-refractivity contribution in [3.05, 3.63) is 54.9 Å². The van der Waals surface area contributed by atoms with E-state index in [1.807, 2.05) is 0 Å². The number of non-ortho nitro benzene ring substituents is 1. The van der Waals surface area contributed by atoms with Crippen LogP contribution in [-0.2, 0) is 34.0 Å². The first-order valence-electron chi connectivity index (χ1n) is 8.12. The van der Waals surface area contributed by atoms with Gasteiger partial charge < -0.3 is 14.2 Å². The van der Waals surface area contributed by atoms with Gasteiger partial charge in [0.25, 0.3) is 5.69 Å². The molecule has 0 N–H and O–H groups in total. The van der Waals surface area contributed by atoms with Crippen LogP contribution in [0, 0.1) is 34.1 Å². The summed E-state index contributed by atoms with van der Waals surface area (Å²) in [5, 5.41) is 26.1. The van der Waals surface area contributed by atoms with Gasteiger partial charge in [0.1, 0.15) is 30.3 Å². The fraction of sp³-hybridized carbons (Fsp3) is 0.375. The van der Waals surface area contributed by atoms with Crippen LogP contribution in [0.3, 0.4) is 0 Å². The van der Waals surface area contributed by atoms with Crippen molar-refractivity contribution in [3.8, 4) is 5.75 Å². The Bertz CT molecular complexity index is 968. The lowest BCUT2D eigenvalue weighted by Gasteiger charge is -2.20. The van der Waals surface area contributed by atoms with Crippen LogP contribution in [0.4, 0.5) is 11.4 Å². The Hall–Kier alpha value is -3.54. The van der Waals surface area contributed by atoms with Crippen LogP contribution in [0.1, 0.15) is 22.5 Å². The zero-order valence-electron chi connectivity index (χ0n) is 15.0. The molecule has 1 aromatic heterocycles. The monoisotopic (exact) mass is 392 g/mol. The topological polar surface area (TPSA) is 149 Å². The molecule has 148 valence electrons. The second-order valence-corrected chi connectivity index (χ2v) is 6.06. The first-order chi connectivity index (χ1) is 13.3. The van der Waals surface area contributed by atoms with Crippen LogP contribution in [0.15, 0.2) is 12.1 Å². The van der Waals surface area contributed by atoms with Gasteiger partial charge in [0.2, 0.25) is 0 Å². The van der Waals surface area contributed by atoms with Crippen molar-refractivity contribution in [2.75, 3.05) is 6.79 Å². The summed E-state index contributed by atoms with van der Waals surface area (Å²) in [7, 11) is 0. The average Bonchev–Trinajstić information content (AvgIpc) is 2.92. The van der Waals surface area contributed by atoms with Gasteiger partial charge in [-0.2, -0.15) is 5.10 Å². The van der Waals surface area contributed by atoms with E-state index in [-0.39, 0.29) is 49.3 Å². The summed E-state index contributed by atoms with van der Waals surface area (Å²) in [5.74, 6) is -0.320. The summed E-state index contributed by atoms with van der Waals surface area (Å²) in [6, 6.07) is 2.61. The lowest BCUT2D eigenvalue weighted by molar-refractivity contribution is -0.386. The maximum Gasteiger partial charge on any atom is 0.328 e. The lowest BCUT2D eigenvalue weighted by atomic mass is 10.1. The van der Waals surface area contributed by atoms with Crippen LogP contribution in [0.2, 0.25) is 0 Å². The lowest BCUT2D eigenvalue weighted by Crippen LogP contribution is -2.17. The number of aryl methyl sites for hydroxylation is 1. The second kappa shape index (κ2) is 7.60. The Balaban J connectivity index is 1.75. The Morgan fingerprint density at radius 1 is 1.29 bits per heavy atom. The molecule has 0 fully saturated rings.